The summed E-state index contributed by atoms with van der Waals surface area (Å²) in [5.41, 5.74) is 4.20. The first-order chi connectivity index (χ1) is 14.5. The molecule has 2 aromatic rings. The van der Waals surface area contributed by atoms with Gasteiger partial charge in [-0.2, -0.15) is 5.26 Å². The molecule has 156 valence electrons. The average molecular weight is 425 g/mol. The zero-order chi connectivity index (χ0) is 21.1. The van der Waals surface area contributed by atoms with Crippen molar-refractivity contribution in [2.24, 2.45) is 5.92 Å². The predicted octanol–water partition coefficient (Wildman–Crippen LogP) is 3.79. The van der Waals surface area contributed by atoms with E-state index in [1.54, 1.807) is 0 Å². The number of aryl methyl sites for hydroxylation is 2. The second kappa shape index (κ2) is 8.88. The summed E-state index contributed by atoms with van der Waals surface area (Å²) in [6.07, 6.45) is 6.11. The third kappa shape index (κ3) is 4.49. The monoisotopic (exact) mass is 424 g/mol. The largest absolute Gasteiger partial charge is 0.482 e. The zero-order valence-corrected chi connectivity index (χ0v) is 17.8. The van der Waals surface area contributed by atoms with Crippen molar-refractivity contribution >= 4 is 28.2 Å². The predicted molar refractivity (Wildman–Crippen MR) is 114 cm³/mol. The van der Waals surface area contributed by atoms with Crippen molar-refractivity contribution in [3.63, 3.8) is 0 Å². The Bertz CT molecular complexity index is 1020. The van der Waals surface area contributed by atoms with Gasteiger partial charge in [0.25, 0.3) is 5.91 Å². The van der Waals surface area contributed by atoms with Crippen molar-refractivity contribution in [3.05, 3.63) is 45.3 Å². The molecule has 0 saturated carbocycles. The number of amides is 1. The van der Waals surface area contributed by atoms with Crippen molar-refractivity contribution in [3.8, 4) is 11.8 Å². The minimum Gasteiger partial charge on any atom is -0.482 e. The summed E-state index contributed by atoms with van der Waals surface area (Å²) in [7, 11) is 0. The minimum atomic E-state index is -0.606. The third-order valence-electron chi connectivity index (χ3n) is 5.67. The van der Waals surface area contributed by atoms with Gasteiger partial charge in [0.05, 0.1) is 5.56 Å². The van der Waals surface area contributed by atoms with Crippen LogP contribution in [0.3, 0.4) is 0 Å². The number of hydrogen-bond acceptors (Lipinski definition) is 6. The number of benzene rings is 1. The molecule has 1 aromatic heterocycles. The molecular weight excluding hydrogens is 400 g/mol. The van der Waals surface area contributed by atoms with Gasteiger partial charge in [-0.3, -0.25) is 4.79 Å². The summed E-state index contributed by atoms with van der Waals surface area (Å²) in [6.45, 7) is 1.54. The van der Waals surface area contributed by atoms with E-state index in [1.807, 2.05) is 18.2 Å². The highest BCUT2D eigenvalue weighted by atomic mass is 32.1. The second-order valence-electron chi connectivity index (χ2n) is 7.95. The zero-order valence-electron chi connectivity index (χ0n) is 17.0. The van der Waals surface area contributed by atoms with Crippen LogP contribution in [0.4, 0.5) is 5.00 Å². The molecule has 0 saturated heterocycles. The molecule has 30 heavy (non-hydrogen) atoms. The van der Waals surface area contributed by atoms with Gasteiger partial charge in [0.2, 0.25) is 0 Å². The fourth-order valence-electron chi connectivity index (χ4n) is 4.09. The van der Waals surface area contributed by atoms with Crippen molar-refractivity contribution in [1.29, 1.82) is 5.26 Å². The van der Waals surface area contributed by atoms with Crippen molar-refractivity contribution < 1.29 is 19.1 Å². The molecule has 1 aromatic carbocycles. The Hall–Kier alpha value is -2.85. The number of anilines is 1. The van der Waals surface area contributed by atoms with E-state index in [9.17, 15) is 14.9 Å². The number of fused-ring (bicyclic) bond motifs is 2. The van der Waals surface area contributed by atoms with Gasteiger partial charge in [-0.25, -0.2) is 4.79 Å². The number of nitrogens with zero attached hydrogens (tertiary/aromatic N) is 1. The molecule has 2 aliphatic carbocycles. The molecule has 0 aliphatic heterocycles. The number of rotatable bonds is 6. The number of nitrogens with one attached hydrogen (secondary N) is 1. The molecule has 6 nitrogen and oxygen atoms in total. The molecule has 0 fully saturated rings. The maximum atomic E-state index is 12.2. The topological polar surface area (TPSA) is 88.4 Å². The van der Waals surface area contributed by atoms with E-state index < -0.39 is 18.5 Å². The van der Waals surface area contributed by atoms with Crippen LogP contribution in [0, 0.1) is 17.2 Å². The van der Waals surface area contributed by atoms with Gasteiger partial charge in [-0.1, -0.05) is 13.0 Å². The Morgan fingerprint density at radius 1 is 1.23 bits per heavy atom. The van der Waals surface area contributed by atoms with Crippen molar-refractivity contribution in [2.75, 3.05) is 18.5 Å². The van der Waals surface area contributed by atoms with Gasteiger partial charge in [0.15, 0.2) is 13.2 Å². The minimum absolute atomic E-state index is 0.249. The smallest absolute Gasteiger partial charge is 0.344 e. The van der Waals surface area contributed by atoms with Crippen LogP contribution < -0.4 is 10.1 Å². The Balaban J connectivity index is 1.27. The maximum Gasteiger partial charge on any atom is 0.344 e. The lowest BCUT2D eigenvalue weighted by atomic mass is 9.89. The molecule has 0 spiro atoms. The lowest BCUT2D eigenvalue weighted by molar-refractivity contribution is -0.149. The summed E-state index contributed by atoms with van der Waals surface area (Å²) < 4.78 is 10.5. The van der Waals surface area contributed by atoms with E-state index in [-0.39, 0.29) is 6.61 Å². The average Bonchev–Trinajstić information content (AvgIpc) is 3.33. The van der Waals surface area contributed by atoms with Gasteiger partial charge in [0.1, 0.15) is 16.8 Å². The lowest BCUT2D eigenvalue weighted by Gasteiger charge is -2.17. The normalized spacial score (nSPS) is 16.9. The number of carbonyl (C=O) groups excluding carboxylic acids is 2. The van der Waals surface area contributed by atoms with Crippen LogP contribution in [0.2, 0.25) is 0 Å². The van der Waals surface area contributed by atoms with E-state index in [2.05, 4.69) is 18.3 Å². The van der Waals surface area contributed by atoms with Gasteiger partial charge >= 0.3 is 5.97 Å². The van der Waals surface area contributed by atoms with Crippen LogP contribution in [0.25, 0.3) is 0 Å². The summed E-state index contributed by atoms with van der Waals surface area (Å²) in [5, 5.41) is 12.8. The standard InChI is InChI=1S/C23H24N2O4S/c1-14-5-8-18-19(11-24)23(30-20(18)9-14)25-21(26)12-29-22(27)13-28-17-7-6-15-3-2-4-16(15)10-17/h6-7,10,14H,2-5,8-9,12-13H2,1H3,(H,25,26). The molecule has 1 heterocycles. The van der Waals surface area contributed by atoms with Gasteiger partial charge in [-0.15, -0.1) is 11.3 Å². The van der Waals surface area contributed by atoms with E-state index in [0.29, 0.717) is 22.2 Å². The quantitative estimate of drug-likeness (QED) is 0.713. The van der Waals surface area contributed by atoms with Crippen LogP contribution in [-0.4, -0.2) is 25.1 Å². The Morgan fingerprint density at radius 3 is 2.90 bits per heavy atom. The van der Waals surface area contributed by atoms with Gasteiger partial charge in [-0.05, 0) is 73.3 Å². The lowest BCUT2D eigenvalue weighted by Crippen LogP contribution is -2.23. The molecule has 1 atom stereocenters. The fourth-order valence-corrected chi connectivity index (χ4v) is 5.47. The maximum absolute atomic E-state index is 12.2. The highest BCUT2D eigenvalue weighted by molar-refractivity contribution is 7.16. The van der Waals surface area contributed by atoms with E-state index in [4.69, 9.17) is 9.47 Å². The van der Waals surface area contributed by atoms with Gasteiger partial charge < -0.3 is 14.8 Å². The molecule has 1 amide bonds. The summed E-state index contributed by atoms with van der Waals surface area (Å²) >= 11 is 1.45. The number of nitriles is 1. The number of thiophene rings is 1. The number of ether oxygens (including phenoxy) is 2. The number of hydrogen-bond donors (Lipinski definition) is 1. The van der Waals surface area contributed by atoms with Crippen molar-refractivity contribution in [2.45, 2.75) is 45.4 Å². The molecule has 0 radical (unpaired) electrons. The highest BCUT2D eigenvalue weighted by Gasteiger charge is 2.24. The Labute approximate surface area is 179 Å². The van der Waals surface area contributed by atoms with Crippen LogP contribution in [0.15, 0.2) is 18.2 Å². The number of carbonyl (C=O) groups is 2. The van der Waals surface area contributed by atoms with Crippen LogP contribution in [-0.2, 0) is 40.0 Å². The molecule has 4 rings (SSSR count). The van der Waals surface area contributed by atoms with E-state index in [1.165, 1.54) is 27.3 Å². The first kappa shape index (κ1) is 20.4. The third-order valence-corrected chi connectivity index (χ3v) is 6.84. The SMILES string of the molecule is CC1CCc2c(sc(NC(=O)COC(=O)COc3ccc4c(c3)CCC4)c2C#N)C1. The number of esters is 1. The molecule has 1 N–H and O–H groups in total. The van der Waals surface area contributed by atoms with E-state index >= 15 is 0 Å². The first-order valence-electron chi connectivity index (χ1n) is 10.3. The summed E-state index contributed by atoms with van der Waals surface area (Å²) in [5.74, 6) is 0.154. The fraction of sp³-hybridized carbons (Fsp3) is 0.435. The molecule has 7 heteroatoms. The van der Waals surface area contributed by atoms with E-state index in [0.717, 1.165) is 44.1 Å². The van der Waals surface area contributed by atoms with Crippen LogP contribution in [0.5, 0.6) is 5.75 Å². The highest BCUT2D eigenvalue weighted by Crippen LogP contribution is 2.39. The summed E-state index contributed by atoms with van der Waals surface area (Å²) in [4.78, 5) is 25.3. The molecular formula is C23H24N2O4S. The van der Waals surface area contributed by atoms with Gasteiger partial charge in [0, 0.05) is 4.88 Å². The molecule has 2 aliphatic rings. The molecule has 1 unspecified atom stereocenters. The first-order valence-corrected chi connectivity index (χ1v) is 11.1. The second-order valence-corrected chi connectivity index (χ2v) is 9.05. The van der Waals surface area contributed by atoms with Crippen LogP contribution >= 0.6 is 11.3 Å². The van der Waals surface area contributed by atoms with Crippen LogP contribution in [0.1, 0.15) is 46.9 Å². The van der Waals surface area contributed by atoms with Crippen molar-refractivity contribution in [1.82, 2.24) is 0 Å². The molecule has 0 bridgehead atoms. The summed E-state index contributed by atoms with van der Waals surface area (Å²) in [6, 6.07) is 8.06. The Kier molecular flexibility index (Phi) is 6.05. The Morgan fingerprint density at radius 2 is 2.07 bits per heavy atom.